The molecule has 1 aromatic heterocycles. The molecular weight excluding hydrogens is 492 g/mol. The third-order valence-electron chi connectivity index (χ3n) is 7.61. The van der Waals surface area contributed by atoms with Crippen molar-refractivity contribution in [1.29, 1.82) is 5.26 Å². The van der Waals surface area contributed by atoms with Crippen LogP contribution in [0.4, 0.5) is 4.79 Å². The summed E-state index contributed by atoms with van der Waals surface area (Å²) in [6.07, 6.45) is 8.40. The third-order valence-corrected chi connectivity index (χ3v) is 7.61. The van der Waals surface area contributed by atoms with Crippen molar-refractivity contribution in [3.05, 3.63) is 77.4 Å². The molecule has 9 heteroatoms. The van der Waals surface area contributed by atoms with Gasteiger partial charge in [0.05, 0.1) is 17.3 Å². The molecular formula is C30H36N6O3. The minimum atomic E-state index is -0.569. The van der Waals surface area contributed by atoms with Crippen LogP contribution < -0.4 is 15.8 Å². The van der Waals surface area contributed by atoms with Gasteiger partial charge in [0, 0.05) is 45.0 Å². The van der Waals surface area contributed by atoms with Gasteiger partial charge in [-0.1, -0.05) is 31.5 Å². The number of hydrogen-bond acceptors (Lipinski definition) is 5. The van der Waals surface area contributed by atoms with Gasteiger partial charge in [0.15, 0.2) is 0 Å². The Morgan fingerprint density at radius 3 is 2.85 bits per heavy atom. The van der Waals surface area contributed by atoms with Crippen molar-refractivity contribution in [2.24, 2.45) is 5.73 Å². The lowest BCUT2D eigenvalue weighted by Crippen LogP contribution is -2.43. The first-order valence-electron chi connectivity index (χ1n) is 13.5. The highest BCUT2D eigenvalue weighted by Crippen LogP contribution is 2.39. The molecule has 0 radical (unpaired) electrons. The summed E-state index contributed by atoms with van der Waals surface area (Å²) in [5, 5.41) is 12.3. The topological polar surface area (TPSA) is 126 Å². The van der Waals surface area contributed by atoms with Crippen molar-refractivity contribution in [3.8, 4) is 17.6 Å². The Bertz CT molecular complexity index is 1360. The quantitative estimate of drug-likeness (QED) is 0.406. The van der Waals surface area contributed by atoms with Crippen LogP contribution in [-0.4, -0.2) is 46.5 Å². The number of nitrogens with zero attached hydrogens (tertiary/aromatic N) is 4. The number of primary amides is 1. The van der Waals surface area contributed by atoms with E-state index in [1.165, 1.54) is 0 Å². The summed E-state index contributed by atoms with van der Waals surface area (Å²) in [7, 11) is 1.88. The fraction of sp³-hybridized carbons (Fsp3) is 0.400. The van der Waals surface area contributed by atoms with Gasteiger partial charge in [-0.05, 0) is 61.1 Å². The van der Waals surface area contributed by atoms with Crippen LogP contribution in [0.15, 0.2) is 55.0 Å². The first-order valence-corrected chi connectivity index (χ1v) is 13.5. The Morgan fingerprint density at radius 1 is 1.23 bits per heavy atom. The fourth-order valence-corrected chi connectivity index (χ4v) is 5.35. The van der Waals surface area contributed by atoms with E-state index in [0.717, 1.165) is 42.6 Å². The molecule has 1 aliphatic rings. The van der Waals surface area contributed by atoms with Gasteiger partial charge in [0.25, 0.3) is 0 Å². The van der Waals surface area contributed by atoms with E-state index in [-0.39, 0.29) is 5.91 Å². The minimum Gasteiger partial charge on any atom is -0.456 e. The summed E-state index contributed by atoms with van der Waals surface area (Å²) < 4.78 is 8.31. The van der Waals surface area contributed by atoms with Gasteiger partial charge in [-0.25, -0.2) is 9.78 Å². The molecule has 4 rings (SSSR count). The number of nitrogens with one attached hydrogen (secondary N) is 1. The lowest BCUT2D eigenvalue weighted by atomic mass is 9.73. The minimum absolute atomic E-state index is 0.156. The number of benzene rings is 2. The molecule has 9 nitrogen and oxygen atoms in total. The molecule has 204 valence electrons. The Hall–Kier alpha value is -4.32. The molecule has 2 heterocycles. The van der Waals surface area contributed by atoms with Crippen LogP contribution in [0.25, 0.3) is 0 Å². The average Bonchev–Trinajstić information content (AvgIpc) is 3.33. The van der Waals surface area contributed by atoms with Gasteiger partial charge in [-0.15, -0.1) is 0 Å². The standard InChI is InChI=1S/C30H36N6O3/c1-3-30(13-4-5-15-35(2)28(30)37)24-7-6-8-26(18-24)39-27-17-22(9-10-23(27)19-31)12-16-36-21-33-20-25(36)11-14-34-29(32)38/h6-10,17-18,20-21H,3-5,11-16H2,1-2H3,(H3,32,34,38). The summed E-state index contributed by atoms with van der Waals surface area (Å²) in [6, 6.07) is 15.0. The molecule has 39 heavy (non-hydrogen) atoms. The number of likely N-dealkylation sites (N-methyl/N-ethyl adjacent to an activating group) is 1. The van der Waals surface area contributed by atoms with E-state index >= 15 is 0 Å². The molecule has 0 spiro atoms. The molecule has 1 atom stereocenters. The maximum atomic E-state index is 13.4. The molecule has 0 bridgehead atoms. The van der Waals surface area contributed by atoms with Gasteiger partial charge in [-0.3, -0.25) is 4.79 Å². The van der Waals surface area contributed by atoms with Crippen molar-refractivity contribution in [3.63, 3.8) is 0 Å². The van der Waals surface area contributed by atoms with Crippen LogP contribution in [0, 0.1) is 11.3 Å². The Morgan fingerprint density at radius 2 is 2.08 bits per heavy atom. The largest absolute Gasteiger partial charge is 0.456 e. The molecule has 0 saturated carbocycles. The number of urea groups is 1. The van der Waals surface area contributed by atoms with E-state index < -0.39 is 11.4 Å². The number of carbonyl (C=O) groups is 2. The van der Waals surface area contributed by atoms with Crippen molar-refractivity contribution in [2.75, 3.05) is 20.1 Å². The van der Waals surface area contributed by atoms with E-state index in [2.05, 4.69) is 23.3 Å². The van der Waals surface area contributed by atoms with E-state index in [0.29, 0.717) is 49.4 Å². The monoisotopic (exact) mass is 528 g/mol. The number of rotatable bonds is 10. The SMILES string of the molecule is CCC1(c2cccc(Oc3cc(CCn4cncc4CCNC(N)=O)ccc3C#N)c2)CCCCN(C)C1=O. The molecule has 0 aliphatic carbocycles. The zero-order chi connectivity index (χ0) is 27.8. The van der Waals surface area contributed by atoms with E-state index in [1.54, 1.807) is 18.6 Å². The first-order chi connectivity index (χ1) is 18.9. The highest BCUT2D eigenvalue weighted by atomic mass is 16.5. The smallest absolute Gasteiger partial charge is 0.312 e. The Labute approximate surface area is 229 Å². The average molecular weight is 529 g/mol. The van der Waals surface area contributed by atoms with E-state index in [4.69, 9.17) is 10.5 Å². The number of likely N-dealkylation sites (tertiary alicyclic amines) is 1. The summed E-state index contributed by atoms with van der Waals surface area (Å²) in [5.74, 6) is 1.25. The van der Waals surface area contributed by atoms with E-state index in [9.17, 15) is 14.9 Å². The van der Waals surface area contributed by atoms with Crippen LogP contribution in [0.1, 0.15) is 55.0 Å². The van der Waals surface area contributed by atoms with Crippen molar-refractivity contribution in [2.45, 2.75) is 57.4 Å². The predicted molar refractivity (Wildman–Crippen MR) is 148 cm³/mol. The number of nitrogens with two attached hydrogens (primary N) is 1. The molecule has 3 amide bonds. The van der Waals surface area contributed by atoms with Crippen LogP contribution in [-0.2, 0) is 29.6 Å². The van der Waals surface area contributed by atoms with Gasteiger partial charge in [-0.2, -0.15) is 5.26 Å². The Kier molecular flexibility index (Phi) is 8.87. The number of aromatic nitrogens is 2. The van der Waals surface area contributed by atoms with Crippen molar-refractivity contribution in [1.82, 2.24) is 19.8 Å². The molecule has 2 aromatic carbocycles. The zero-order valence-electron chi connectivity index (χ0n) is 22.7. The van der Waals surface area contributed by atoms with Crippen LogP contribution in [0.2, 0.25) is 0 Å². The molecule has 1 saturated heterocycles. The number of carbonyl (C=O) groups excluding carboxylic acids is 2. The predicted octanol–water partition coefficient (Wildman–Crippen LogP) is 4.29. The molecule has 1 fully saturated rings. The third kappa shape index (κ3) is 6.40. The molecule has 3 aromatic rings. The van der Waals surface area contributed by atoms with Crippen LogP contribution in [0.5, 0.6) is 11.5 Å². The highest BCUT2D eigenvalue weighted by molar-refractivity contribution is 5.88. The van der Waals surface area contributed by atoms with Gasteiger partial charge in [0.1, 0.15) is 17.6 Å². The summed E-state index contributed by atoms with van der Waals surface area (Å²) in [4.78, 5) is 30.4. The number of hydrogen-bond donors (Lipinski definition) is 2. The maximum absolute atomic E-state index is 13.4. The summed E-state index contributed by atoms with van der Waals surface area (Å²) in [6.45, 7) is 3.97. The van der Waals surface area contributed by atoms with Gasteiger partial charge < -0.3 is 25.3 Å². The summed E-state index contributed by atoms with van der Waals surface area (Å²) >= 11 is 0. The summed E-state index contributed by atoms with van der Waals surface area (Å²) in [5.41, 5.74) is 7.99. The fourth-order valence-electron chi connectivity index (χ4n) is 5.35. The van der Waals surface area contributed by atoms with Gasteiger partial charge in [0.2, 0.25) is 5.91 Å². The molecule has 1 unspecified atom stereocenters. The van der Waals surface area contributed by atoms with Crippen molar-refractivity contribution >= 4 is 11.9 Å². The Balaban J connectivity index is 1.52. The highest BCUT2D eigenvalue weighted by Gasteiger charge is 2.41. The molecule has 1 aliphatic heterocycles. The van der Waals surface area contributed by atoms with Crippen LogP contribution >= 0.6 is 0 Å². The normalized spacial score (nSPS) is 17.4. The second kappa shape index (κ2) is 12.5. The number of amides is 3. The number of nitriles is 1. The lowest BCUT2D eigenvalue weighted by Gasteiger charge is -2.33. The molecule has 3 N–H and O–H groups in total. The maximum Gasteiger partial charge on any atom is 0.312 e. The number of aryl methyl sites for hydroxylation is 2. The number of imidazole rings is 1. The lowest BCUT2D eigenvalue weighted by molar-refractivity contribution is -0.135. The second-order valence-corrected chi connectivity index (χ2v) is 10.1. The zero-order valence-corrected chi connectivity index (χ0v) is 22.7. The van der Waals surface area contributed by atoms with Crippen molar-refractivity contribution < 1.29 is 14.3 Å². The number of ether oxygens (including phenoxy) is 1. The van der Waals surface area contributed by atoms with Crippen LogP contribution in [0.3, 0.4) is 0 Å². The second-order valence-electron chi connectivity index (χ2n) is 10.1. The van der Waals surface area contributed by atoms with Gasteiger partial charge >= 0.3 is 6.03 Å². The first kappa shape index (κ1) is 27.7. The van der Waals surface area contributed by atoms with E-state index in [1.807, 2.05) is 52.9 Å².